The Labute approximate surface area is 122 Å². The molecule has 0 fully saturated rings. The van der Waals surface area contributed by atoms with E-state index in [-0.39, 0.29) is 0 Å². The first-order valence-corrected chi connectivity index (χ1v) is 7.07. The number of aryl methyl sites for hydroxylation is 1. The highest BCUT2D eigenvalue weighted by atomic mass is 15.4. The minimum atomic E-state index is 0.420. The van der Waals surface area contributed by atoms with Crippen molar-refractivity contribution in [3.63, 3.8) is 0 Å². The molecule has 0 atom stereocenters. The van der Waals surface area contributed by atoms with E-state index in [1.54, 1.807) is 0 Å². The third-order valence-corrected chi connectivity index (χ3v) is 3.47. The number of nitrogens with one attached hydrogen (secondary N) is 1. The van der Waals surface area contributed by atoms with Gasteiger partial charge in [0.15, 0.2) is 5.65 Å². The summed E-state index contributed by atoms with van der Waals surface area (Å²) >= 11 is 0. The fourth-order valence-corrected chi connectivity index (χ4v) is 2.42. The third kappa shape index (κ3) is 2.44. The van der Waals surface area contributed by atoms with Crippen molar-refractivity contribution >= 4 is 33.7 Å². The minimum absolute atomic E-state index is 0.420. The summed E-state index contributed by atoms with van der Waals surface area (Å²) in [6.07, 6.45) is 2.02. The molecule has 6 nitrogen and oxygen atoms in total. The fourth-order valence-electron chi connectivity index (χ4n) is 2.42. The van der Waals surface area contributed by atoms with Crippen molar-refractivity contribution in [2.75, 3.05) is 5.43 Å². The summed E-state index contributed by atoms with van der Waals surface area (Å²) in [5.74, 6) is 0.420. The number of anilines is 1. The second kappa shape index (κ2) is 5.47. The molecule has 0 bridgehead atoms. The fraction of sp³-hybridized carbons (Fsp3) is 0.333. The average Bonchev–Trinajstić information content (AvgIpc) is 2.79. The Bertz CT molecular complexity index is 818. The number of aromatic nitrogens is 4. The van der Waals surface area contributed by atoms with Gasteiger partial charge in [0.05, 0.1) is 5.52 Å². The molecule has 3 aromatic rings. The van der Waals surface area contributed by atoms with Crippen LogP contribution in [0.2, 0.25) is 0 Å². The molecule has 6 heteroatoms. The molecule has 1 aromatic carbocycles. The van der Waals surface area contributed by atoms with Crippen LogP contribution in [0.15, 0.2) is 29.4 Å². The van der Waals surface area contributed by atoms with Crippen LogP contribution >= 0.6 is 0 Å². The van der Waals surface area contributed by atoms with Crippen molar-refractivity contribution in [3.8, 4) is 0 Å². The predicted octanol–water partition coefficient (Wildman–Crippen LogP) is 3.10. The van der Waals surface area contributed by atoms with Crippen molar-refractivity contribution in [1.82, 2.24) is 19.7 Å². The van der Waals surface area contributed by atoms with Gasteiger partial charge in [0.1, 0.15) is 5.52 Å². The van der Waals surface area contributed by atoms with Gasteiger partial charge in [-0.15, -0.1) is 10.2 Å². The van der Waals surface area contributed by atoms with Gasteiger partial charge in [-0.2, -0.15) is 10.1 Å². The summed E-state index contributed by atoms with van der Waals surface area (Å²) in [5, 5.41) is 13.7. The summed E-state index contributed by atoms with van der Waals surface area (Å²) in [6.45, 7) is 4.11. The predicted molar refractivity (Wildman–Crippen MR) is 85.4 cm³/mol. The lowest BCUT2D eigenvalue weighted by Crippen LogP contribution is -2.03. The largest absolute Gasteiger partial charge is 0.327 e. The molecule has 2 aromatic heterocycles. The summed E-state index contributed by atoms with van der Waals surface area (Å²) in [6, 6.07) is 8.08. The molecule has 0 aliphatic carbocycles. The van der Waals surface area contributed by atoms with Gasteiger partial charge in [0.2, 0.25) is 0 Å². The zero-order valence-electron chi connectivity index (χ0n) is 12.5. The summed E-state index contributed by atoms with van der Waals surface area (Å²) in [4.78, 5) is 4.52. The van der Waals surface area contributed by atoms with Gasteiger partial charge in [-0.25, -0.2) is 5.43 Å². The van der Waals surface area contributed by atoms with Crippen molar-refractivity contribution < 1.29 is 0 Å². The Kier molecular flexibility index (Phi) is 3.51. The Morgan fingerprint density at radius 1 is 1.29 bits per heavy atom. The lowest BCUT2D eigenvalue weighted by atomic mass is 10.2. The van der Waals surface area contributed by atoms with Crippen LogP contribution in [0.4, 0.5) is 5.95 Å². The first-order valence-electron chi connectivity index (χ1n) is 7.07. The normalized spacial score (nSPS) is 12.2. The van der Waals surface area contributed by atoms with Crippen molar-refractivity contribution in [3.05, 3.63) is 24.3 Å². The number of rotatable bonds is 4. The van der Waals surface area contributed by atoms with Gasteiger partial charge in [0, 0.05) is 18.1 Å². The molecule has 108 valence electrons. The lowest BCUT2D eigenvalue weighted by Gasteiger charge is -2.01. The number of hydrogen-bond donors (Lipinski definition) is 1. The highest BCUT2D eigenvalue weighted by Gasteiger charge is 2.11. The lowest BCUT2D eigenvalue weighted by molar-refractivity contribution is 0.943. The van der Waals surface area contributed by atoms with E-state index in [1.807, 2.05) is 36.7 Å². The average molecular weight is 282 g/mol. The number of nitrogens with zero attached hydrogens (tertiary/aromatic N) is 5. The first kappa shape index (κ1) is 13.5. The van der Waals surface area contributed by atoms with E-state index in [4.69, 9.17) is 0 Å². The molecule has 2 heterocycles. The zero-order chi connectivity index (χ0) is 14.8. The molecule has 0 aliphatic rings. The van der Waals surface area contributed by atoms with Crippen molar-refractivity contribution in [2.45, 2.75) is 26.7 Å². The molecule has 0 unspecified atom stereocenters. The highest BCUT2D eigenvalue weighted by molar-refractivity contribution is 6.04. The van der Waals surface area contributed by atoms with E-state index in [1.165, 1.54) is 0 Å². The van der Waals surface area contributed by atoms with Gasteiger partial charge in [0.25, 0.3) is 5.95 Å². The molecule has 3 rings (SSSR count). The first-order chi connectivity index (χ1) is 10.2. The van der Waals surface area contributed by atoms with Gasteiger partial charge >= 0.3 is 0 Å². The van der Waals surface area contributed by atoms with Crippen LogP contribution in [0.5, 0.6) is 0 Å². The number of benzene rings is 1. The topological polar surface area (TPSA) is 68.0 Å². The van der Waals surface area contributed by atoms with E-state index in [2.05, 4.69) is 38.7 Å². The van der Waals surface area contributed by atoms with Gasteiger partial charge in [-0.1, -0.05) is 31.5 Å². The third-order valence-electron chi connectivity index (χ3n) is 3.47. The highest BCUT2D eigenvalue weighted by Crippen LogP contribution is 2.24. The van der Waals surface area contributed by atoms with Crippen LogP contribution in [0.1, 0.15) is 26.7 Å². The van der Waals surface area contributed by atoms with E-state index in [0.717, 1.165) is 40.6 Å². The quantitative estimate of drug-likeness (QED) is 0.589. The molecule has 0 radical (unpaired) electrons. The standard InChI is InChI=1S/C15H18N6/c1-4-7-10(2)17-19-15-16-14-13(18-20-15)11-8-5-6-9-12(11)21(14)3/h5-6,8-9H,4,7H2,1-3H3,(H,16,19,20)/b17-10-. The smallest absolute Gasteiger partial charge is 0.265 e. The molecular formula is C15H18N6. The molecule has 0 saturated carbocycles. The van der Waals surface area contributed by atoms with Gasteiger partial charge in [-0.05, 0) is 19.4 Å². The minimum Gasteiger partial charge on any atom is -0.327 e. The summed E-state index contributed by atoms with van der Waals surface area (Å²) < 4.78 is 2.02. The number of hydrogen-bond acceptors (Lipinski definition) is 5. The van der Waals surface area contributed by atoms with Crippen molar-refractivity contribution in [1.29, 1.82) is 0 Å². The van der Waals surface area contributed by atoms with Gasteiger partial charge in [-0.3, -0.25) is 0 Å². The summed E-state index contributed by atoms with van der Waals surface area (Å²) in [5.41, 5.74) is 6.62. The molecular weight excluding hydrogens is 264 g/mol. The van der Waals surface area contributed by atoms with E-state index < -0.39 is 0 Å². The molecule has 0 aliphatic heterocycles. The van der Waals surface area contributed by atoms with Crippen LogP contribution < -0.4 is 5.43 Å². The molecule has 1 N–H and O–H groups in total. The van der Waals surface area contributed by atoms with Crippen LogP contribution in [0.25, 0.3) is 22.1 Å². The maximum atomic E-state index is 4.52. The Balaban J connectivity index is 2.02. The maximum Gasteiger partial charge on any atom is 0.265 e. The van der Waals surface area contributed by atoms with Gasteiger partial charge < -0.3 is 4.57 Å². The maximum absolute atomic E-state index is 4.52. The van der Waals surface area contributed by atoms with E-state index >= 15 is 0 Å². The second-order valence-electron chi connectivity index (χ2n) is 5.09. The molecule has 0 spiro atoms. The monoisotopic (exact) mass is 282 g/mol. The second-order valence-corrected chi connectivity index (χ2v) is 5.09. The van der Waals surface area contributed by atoms with E-state index in [0.29, 0.717) is 5.95 Å². The van der Waals surface area contributed by atoms with E-state index in [9.17, 15) is 0 Å². The number of para-hydroxylation sites is 1. The Morgan fingerprint density at radius 3 is 2.90 bits per heavy atom. The van der Waals surface area contributed by atoms with Crippen LogP contribution in [0.3, 0.4) is 0 Å². The SMILES string of the molecule is CCC/C(C)=N\Nc1nnc2c3ccccc3n(C)c2n1. The number of fused-ring (bicyclic) bond motifs is 3. The zero-order valence-corrected chi connectivity index (χ0v) is 12.5. The molecule has 0 saturated heterocycles. The number of hydrazone groups is 1. The van der Waals surface area contributed by atoms with Crippen molar-refractivity contribution in [2.24, 2.45) is 12.1 Å². The van der Waals surface area contributed by atoms with Crippen LogP contribution in [-0.4, -0.2) is 25.5 Å². The molecule has 21 heavy (non-hydrogen) atoms. The van der Waals surface area contributed by atoms with Crippen LogP contribution in [-0.2, 0) is 7.05 Å². The Hall–Kier alpha value is -2.50. The summed E-state index contributed by atoms with van der Waals surface area (Å²) in [7, 11) is 1.98. The molecule has 0 amide bonds. The Morgan fingerprint density at radius 2 is 2.10 bits per heavy atom. The van der Waals surface area contributed by atoms with Crippen LogP contribution in [0, 0.1) is 0 Å².